The molecule has 0 saturated heterocycles. The topological polar surface area (TPSA) is 55.7 Å². The number of hydrogen-bond acceptors (Lipinski definition) is 5. The average Bonchev–Trinajstić information content (AvgIpc) is 2.61. The molecular weight excluding hydrogens is 354 g/mol. The number of pyridine rings is 1. The smallest absolute Gasteiger partial charge is 0.254 e. The second-order valence-corrected chi connectivity index (χ2v) is 5.68. The number of benzene rings is 1. The molecule has 1 heterocycles. The van der Waals surface area contributed by atoms with Crippen LogP contribution in [0.25, 0.3) is 0 Å². The summed E-state index contributed by atoms with van der Waals surface area (Å²) in [4.78, 5) is 2.46. The molecule has 0 unspecified atom stereocenters. The monoisotopic (exact) mass is 371 g/mol. The zero-order valence-corrected chi connectivity index (χ0v) is 14.3. The van der Waals surface area contributed by atoms with Crippen LogP contribution in [-0.4, -0.2) is 24.9 Å². The van der Waals surface area contributed by atoms with Crippen LogP contribution >= 0.6 is 0 Å². The number of halogens is 4. The van der Waals surface area contributed by atoms with Crippen molar-refractivity contribution in [2.24, 2.45) is 11.0 Å². The quantitative estimate of drug-likeness (QED) is 0.344. The lowest BCUT2D eigenvalue weighted by Crippen LogP contribution is -2.06. The highest BCUT2D eigenvalue weighted by atomic mass is 19.2. The van der Waals surface area contributed by atoms with Crippen molar-refractivity contribution in [2.45, 2.75) is 13.8 Å². The summed E-state index contributed by atoms with van der Waals surface area (Å²) >= 11 is 0. The molecule has 140 valence electrons. The van der Waals surface area contributed by atoms with E-state index >= 15 is 0 Å². The molecular formula is C17H17F4N3O2. The molecule has 1 aromatic heterocycles. The lowest BCUT2D eigenvalue weighted by atomic mass is 10.2. The summed E-state index contributed by atoms with van der Waals surface area (Å²) in [5.41, 5.74) is 1.36. The molecule has 0 radical (unpaired) electrons. The minimum Gasteiger partial charge on any atom is -0.493 e. The second kappa shape index (κ2) is 8.50. The average molecular weight is 371 g/mol. The van der Waals surface area contributed by atoms with Gasteiger partial charge in [-0.15, -0.1) is 0 Å². The maximum absolute atomic E-state index is 13.5. The first-order valence-corrected chi connectivity index (χ1v) is 7.63. The highest BCUT2D eigenvalue weighted by molar-refractivity contribution is 5.81. The number of nitrogens with zero attached hydrogens (tertiary/aromatic N) is 2. The van der Waals surface area contributed by atoms with E-state index in [-0.39, 0.29) is 0 Å². The summed E-state index contributed by atoms with van der Waals surface area (Å²) < 4.78 is 63.8. The summed E-state index contributed by atoms with van der Waals surface area (Å²) in [5, 5.41) is 3.58. The van der Waals surface area contributed by atoms with Gasteiger partial charge in [-0.3, -0.25) is 5.43 Å². The lowest BCUT2D eigenvalue weighted by Gasteiger charge is -2.12. The number of hydrazone groups is 1. The first-order chi connectivity index (χ1) is 12.3. The highest BCUT2D eigenvalue weighted by Crippen LogP contribution is 2.28. The Bertz CT molecular complexity index is 787. The molecule has 0 aliphatic heterocycles. The van der Waals surface area contributed by atoms with Crippen LogP contribution in [0.4, 0.5) is 23.2 Å². The van der Waals surface area contributed by atoms with E-state index in [1.807, 2.05) is 19.3 Å². The Hall–Kier alpha value is -2.84. The first-order valence-electron chi connectivity index (χ1n) is 7.63. The predicted octanol–water partition coefficient (Wildman–Crippen LogP) is 4.13. The number of nitrogens with one attached hydrogen (secondary N) is 1. The van der Waals surface area contributed by atoms with Gasteiger partial charge in [0.05, 0.1) is 19.9 Å². The number of aromatic nitrogens is 1. The molecule has 5 nitrogen and oxygen atoms in total. The summed E-state index contributed by atoms with van der Waals surface area (Å²) in [6, 6.07) is 4.86. The SMILES string of the molecule is COc1cc(/C=N\Nc2c(F)c(F)nc(F)c2F)ccc1OCC(C)C. The number of ether oxygens (including phenoxy) is 2. The number of anilines is 1. The minimum atomic E-state index is -1.77. The molecule has 0 spiro atoms. The second-order valence-electron chi connectivity index (χ2n) is 5.68. The van der Waals surface area contributed by atoms with E-state index in [2.05, 4.69) is 10.1 Å². The number of hydrogen-bond donors (Lipinski definition) is 1. The fourth-order valence-electron chi connectivity index (χ4n) is 1.90. The third-order valence-electron chi connectivity index (χ3n) is 3.15. The third kappa shape index (κ3) is 4.62. The van der Waals surface area contributed by atoms with Gasteiger partial charge in [-0.2, -0.15) is 27.6 Å². The van der Waals surface area contributed by atoms with Crippen LogP contribution in [0.2, 0.25) is 0 Å². The predicted molar refractivity (Wildman–Crippen MR) is 88.6 cm³/mol. The largest absolute Gasteiger partial charge is 0.493 e. The van der Waals surface area contributed by atoms with Gasteiger partial charge >= 0.3 is 0 Å². The molecule has 9 heteroatoms. The fraction of sp³-hybridized carbons (Fsp3) is 0.294. The standard InChI is InChI=1S/C17H17F4N3O2/c1-9(2)8-26-11-5-4-10(6-12(11)25-3)7-22-24-15-13(18)16(20)23-17(21)14(15)19/h4-7,9H,8H2,1-3H3,(H,23,24)/b22-7-. The van der Waals surface area contributed by atoms with Crippen molar-refractivity contribution in [1.82, 2.24) is 4.98 Å². The van der Waals surface area contributed by atoms with Crippen molar-refractivity contribution in [3.05, 3.63) is 47.3 Å². The maximum Gasteiger partial charge on any atom is 0.254 e. The molecule has 1 N–H and O–H groups in total. The summed E-state index contributed by atoms with van der Waals surface area (Å²) in [6.07, 6.45) is 1.20. The van der Waals surface area contributed by atoms with Gasteiger partial charge in [0.25, 0.3) is 11.9 Å². The van der Waals surface area contributed by atoms with Crippen molar-refractivity contribution in [3.63, 3.8) is 0 Å². The molecule has 0 fully saturated rings. The van der Waals surface area contributed by atoms with Gasteiger partial charge in [-0.25, -0.2) is 0 Å². The molecule has 0 amide bonds. The van der Waals surface area contributed by atoms with Crippen LogP contribution in [0.1, 0.15) is 19.4 Å². The number of rotatable bonds is 7. The van der Waals surface area contributed by atoms with Crippen molar-refractivity contribution in [1.29, 1.82) is 0 Å². The normalized spacial score (nSPS) is 11.2. The van der Waals surface area contributed by atoms with Crippen LogP contribution in [0.3, 0.4) is 0 Å². The Labute approximate surface area is 147 Å². The van der Waals surface area contributed by atoms with Gasteiger partial charge < -0.3 is 9.47 Å². The van der Waals surface area contributed by atoms with E-state index in [1.54, 1.807) is 18.2 Å². The zero-order valence-electron chi connectivity index (χ0n) is 14.3. The van der Waals surface area contributed by atoms with E-state index < -0.39 is 29.2 Å². The zero-order chi connectivity index (χ0) is 19.3. The maximum atomic E-state index is 13.5. The molecule has 0 aliphatic rings. The van der Waals surface area contributed by atoms with E-state index in [0.29, 0.717) is 29.6 Å². The Morgan fingerprint density at radius 3 is 2.35 bits per heavy atom. The Morgan fingerprint density at radius 1 is 1.12 bits per heavy atom. The molecule has 0 bridgehead atoms. The van der Waals surface area contributed by atoms with Crippen LogP contribution in [0.15, 0.2) is 23.3 Å². The highest BCUT2D eigenvalue weighted by Gasteiger charge is 2.20. The molecule has 1 aromatic carbocycles. The van der Waals surface area contributed by atoms with Crippen molar-refractivity contribution >= 4 is 11.9 Å². The van der Waals surface area contributed by atoms with Crippen LogP contribution in [0, 0.1) is 29.4 Å². The van der Waals surface area contributed by atoms with Crippen LogP contribution in [0.5, 0.6) is 11.5 Å². The first kappa shape index (κ1) is 19.5. The Balaban J connectivity index is 2.16. The molecule has 2 aromatic rings. The number of methoxy groups -OCH3 is 1. The van der Waals surface area contributed by atoms with E-state index in [0.717, 1.165) is 0 Å². The minimum absolute atomic E-state index is 0.330. The van der Waals surface area contributed by atoms with Gasteiger partial charge in [0.15, 0.2) is 11.5 Å². The van der Waals surface area contributed by atoms with Gasteiger partial charge in [0.2, 0.25) is 11.6 Å². The van der Waals surface area contributed by atoms with E-state index in [1.165, 1.54) is 13.3 Å². The molecule has 2 rings (SSSR count). The molecule has 0 atom stereocenters. The van der Waals surface area contributed by atoms with Crippen molar-refractivity contribution in [3.8, 4) is 11.5 Å². The van der Waals surface area contributed by atoms with Crippen LogP contribution < -0.4 is 14.9 Å². The Morgan fingerprint density at radius 2 is 1.77 bits per heavy atom. The molecule has 0 aliphatic carbocycles. The van der Waals surface area contributed by atoms with Crippen molar-refractivity contribution < 1.29 is 27.0 Å². The fourth-order valence-corrected chi connectivity index (χ4v) is 1.90. The lowest BCUT2D eigenvalue weighted by molar-refractivity contribution is 0.257. The van der Waals surface area contributed by atoms with E-state index in [9.17, 15) is 17.6 Å². The molecule has 26 heavy (non-hydrogen) atoms. The summed E-state index contributed by atoms with van der Waals surface area (Å²) in [6.45, 7) is 4.51. The van der Waals surface area contributed by atoms with Gasteiger partial charge in [0.1, 0.15) is 5.69 Å². The van der Waals surface area contributed by atoms with Crippen molar-refractivity contribution in [2.75, 3.05) is 19.1 Å². The third-order valence-corrected chi connectivity index (χ3v) is 3.15. The van der Waals surface area contributed by atoms with Gasteiger partial charge in [0, 0.05) is 0 Å². The van der Waals surface area contributed by atoms with Gasteiger partial charge in [-0.1, -0.05) is 13.8 Å². The van der Waals surface area contributed by atoms with Crippen LogP contribution in [-0.2, 0) is 0 Å². The molecule has 0 saturated carbocycles. The summed E-state index contributed by atoms with van der Waals surface area (Å²) in [7, 11) is 1.46. The van der Waals surface area contributed by atoms with E-state index in [4.69, 9.17) is 9.47 Å². The summed E-state index contributed by atoms with van der Waals surface area (Å²) in [5.74, 6) is -5.58. The Kier molecular flexibility index (Phi) is 6.37. The van der Waals surface area contributed by atoms with Gasteiger partial charge in [-0.05, 0) is 29.7 Å².